The molecule has 178 valence electrons. The van der Waals surface area contributed by atoms with Crippen molar-refractivity contribution in [3.8, 4) is 28.8 Å². The lowest BCUT2D eigenvalue weighted by molar-refractivity contribution is -0.125. The Morgan fingerprint density at radius 2 is 1.83 bits per heavy atom. The van der Waals surface area contributed by atoms with Gasteiger partial charge in [-0.1, -0.05) is 24.3 Å². The van der Waals surface area contributed by atoms with Crippen LogP contribution in [0.1, 0.15) is 17.2 Å². The first kappa shape index (κ1) is 22.8. The predicted molar refractivity (Wildman–Crippen MR) is 132 cm³/mol. The Kier molecular flexibility index (Phi) is 5.70. The van der Waals surface area contributed by atoms with E-state index in [1.807, 2.05) is 19.2 Å². The summed E-state index contributed by atoms with van der Waals surface area (Å²) >= 11 is 0. The number of fused-ring (bicyclic) bond motifs is 3. The monoisotopic (exact) mass is 481 g/mol. The number of nitrogens with two attached hydrogens (primary N) is 1. The number of nitriles is 1. The largest absolute Gasteiger partial charge is 0.493 e. The van der Waals surface area contributed by atoms with Gasteiger partial charge in [0.25, 0.3) is 5.91 Å². The molecule has 5 aromatic rings. The van der Waals surface area contributed by atoms with Crippen LogP contribution in [0.2, 0.25) is 0 Å². The fourth-order valence-electron chi connectivity index (χ4n) is 4.15. The molecule has 0 aliphatic rings. The highest BCUT2D eigenvalue weighted by Gasteiger charge is 2.24. The summed E-state index contributed by atoms with van der Waals surface area (Å²) in [5.74, 6) is -0.557. The molecule has 1 amide bonds. The van der Waals surface area contributed by atoms with Crippen LogP contribution in [0.5, 0.6) is 11.5 Å². The van der Waals surface area contributed by atoms with Crippen LogP contribution in [0, 0.1) is 17.1 Å². The van der Waals surface area contributed by atoms with Crippen molar-refractivity contribution in [2.24, 2.45) is 12.8 Å². The summed E-state index contributed by atoms with van der Waals surface area (Å²) in [7, 11) is 3.30. The van der Waals surface area contributed by atoms with E-state index in [0.717, 1.165) is 21.9 Å². The zero-order chi connectivity index (χ0) is 25.4. The first-order valence-electron chi connectivity index (χ1n) is 10.9. The molecule has 0 aliphatic heterocycles. The first-order valence-corrected chi connectivity index (χ1v) is 10.9. The maximum atomic E-state index is 13.4. The lowest BCUT2D eigenvalue weighted by Gasteiger charge is -2.19. The van der Waals surface area contributed by atoms with E-state index in [2.05, 4.69) is 11.1 Å². The van der Waals surface area contributed by atoms with Gasteiger partial charge in [0.05, 0.1) is 36.0 Å². The predicted octanol–water partition coefficient (Wildman–Crippen LogP) is 4.41. The fraction of sp³-hybridized carbons (Fsp3) is 0.111. The number of aryl methyl sites for hydroxylation is 1. The van der Waals surface area contributed by atoms with Gasteiger partial charge in [0.1, 0.15) is 11.5 Å². The van der Waals surface area contributed by atoms with E-state index in [0.29, 0.717) is 28.1 Å². The molecule has 2 heterocycles. The molecule has 2 aromatic heterocycles. The number of benzene rings is 3. The summed E-state index contributed by atoms with van der Waals surface area (Å²) in [6, 6.07) is 18.1. The quantitative estimate of drug-likeness (QED) is 0.384. The molecule has 2 N–H and O–H groups in total. The molecule has 36 heavy (non-hydrogen) atoms. The standard InChI is InChI=1S/C27H20FN5O3/c1-33-21-14-31-20-12-22(35-2)23(36-26(27(30)34)17-7-9-18(28)10-8-17)11-19(20)24(21)25(32-33)16-5-3-15(13-29)4-6-16/h3-12,14,26H,1-2H3,(H2,30,34)/t26-/m1/s1. The number of primary amides is 1. The number of hydrogen-bond acceptors (Lipinski definition) is 6. The second-order valence-corrected chi connectivity index (χ2v) is 8.15. The smallest absolute Gasteiger partial charge is 0.263 e. The van der Waals surface area contributed by atoms with Gasteiger partial charge in [-0.25, -0.2) is 4.39 Å². The number of pyridine rings is 1. The highest BCUT2D eigenvalue weighted by molar-refractivity contribution is 6.12. The lowest BCUT2D eigenvalue weighted by atomic mass is 10.0. The Morgan fingerprint density at radius 3 is 2.47 bits per heavy atom. The van der Waals surface area contributed by atoms with Crippen LogP contribution in [0.25, 0.3) is 33.1 Å². The van der Waals surface area contributed by atoms with Crippen molar-refractivity contribution < 1.29 is 18.7 Å². The number of nitrogens with zero attached hydrogens (tertiary/aromatic N) is 4. The van der Waals surface area contributed by atoms with Gasteiger partial charge < -0.3 is 15.2 Å². The second kappa shape index (κ2) is 9.00. The fourth-order valence-corrected chi connectivity index (χ4v) is 4.15. The number of carbonyl (C=O) groups excluding carboxylic acids is 1. The summed E-state index contributed by atoms with van der Waals surface area (Å²) in [4.78, 5) is 16.8. The van der Waals surface area contributed by atoms with E-state index in [9.17, 15) is 9.18 Å². The van der Waals surface area contributed by atoms with Crippen molar-refractivity contribution in [2.75, 3.05) is 7.11 Å². The third-order valence-corrected chi connectivity index (χ3v) is 5.93. The number of methoxy groups -OCH3 is 1. The summed E-state index contributed by atoms with van der Waals surface area (Å²) in [5, 5.41) is 15.4. The molecule has 0 aliphatic carbocycles. The molecule has 5 rings (SSSR count). The molecule has 0 fully saturated rings. The zero-order valence-electron chi connectivity index (χ0n) is 19.4. The highest BCUT2D eigenvalue weighted by atomic mass is 19.1. The van der Waals surface area contributed by atoms with Crippen molar-refractivity contribution >= 4 is 27.7 Å². The topological polar surface area (TPSA) is 116 Å². The first-order chi connectivity index (χ1) is 17.4. The van der Waals surface area contributed by atoms with Gasteiger partial charge in [0.15, 0.2) is 11.5 Å². The van der Waals surface area contributed by atoms with Gasteiger partial charge >= 0.3 is 0 Å². The van der Waals surface area contributed by atoms with Crippen LogP contribution in [-0.2, 0) is 11.8 Å². The lowest BCUT2D eigenvalue weighted by Crippen LogP contribution is -2.26. The Hall–Kier alpha value is -4.97. The summed E-state index contributed by atoms with van der Waals surface area (Å²) < 4.78 is 26.7. The number of ether oxygens (including phenoxy) is 2. The van der Waals surface area contributed by atoms with Crippen LogP contribution < -0.4 is 15.2 Å². The zero-order valence-corrected chi connectivity index (χ0v) is 19.4. The van der Waals surface area contributed by atoms with Gasteiger partial charge in [-0.15, -0.1) is 0 Å². The van der Waals surface area contributed by atoms with Gasteiger partial charge in [-0.3, -0.25) is 14.5 Å². The van der Waals surface area contributed by atoms with Gasteiger partial charge in [0, 0.05) is 35.0 Å². The summed E-state index contributed by atoms with van der Waals surface area (Å²) in [6.45, 7) is 0. The van der Waals surface area contributed by atoms with Crippen LogP contribution in [-0.4, -0.2) is 27.8 Å². The summed E-state index contributed by atoms with van der Waals surface area (Å²) in [5.41, 5.74) is 9.52. The maximum absolute atomic E-state index is 13.4. The normalized spacial score (nSPS) is 11.8. The minimum absolute atomic E-state index is 0.266. The van der Waals surface area contributed by atoms with Gasteiger partial charge in [0.2, 0.25) is 6.10 Å². The average molecular weight is 481 g/mol. The number of hydrogen-bond donors (Lipinski definition) is 1. The van der Waals surface area contributed by atoms with E-state index in [1.54, 1.807) is 35.1 Å². The molecular formula is C27H20FN5O3. The minimum Gasteiger partial charge on any atom is -0.493 e. The van der Waals surface area contributed by atoms with E-state index < -0.39 is 17.8 Å². The number of amides is 1. The molecule has 0 saturated heterocycles. The molecule has 8 nitrogen and oxygen atoms in total. The number of carbonyl (C=O) groups is 1. The number of aromatic nitrogens is 3. The molecule has 0 spiro atoms. The average Bonchev–Trinajstić information content (AvgIpc) is 3.24. The molecule has 0 bridgehead atoms. The highest BCUT2D eigenvalue weighted by Crippen LogP contribution is 2.40. The molecular weight excluding hydrogens is 461 g/mol. The number of rotatable bonds is 6. The third kappa shape index (κ3) is 3.95. The second-order valence-electron chi connectivity index (χ2n) is 8.15. The van der Waals surface area contributed by atoms with E-state index >= 15 is 0 Å². The van der Waals surface area contributed by atoms with Crippen molar-refractivity contribution in [1.82, 2.24) is 14.8 Å². The Balaban J connectivity index is 1.70. The van der Waals surface area contributed by atoms with Crippen LogP contribution in [0.3, 0.4) is 0 Å². The van der Waals surface area contributed by atoms with Crippen molar-refractivity contribution in [1.29, 1.82) is 5.26 Å². The SMILES string of the molecule is COc1cc2ncc3c(c(-c4ccc(C#N)cc4)nn3C)c2cc1O[C@@H](C(N)=O)c1ccc(F)cc1. The van der Waals surface area contributed by atoms with Crippen molar-refractivity contribution in [2.45, 2.75) is 6.10 Å². The Labute approximate surface area is 205 Å². The third-order valence-electron chi connectivity index (χ3n) is 5.93. The Morgan fingerprint density at radius 1 is 1.11 bits per heavy atom. The molecule has 0 unspecified atom stereocenters. The molecule has 0 radical (unpaired) electrons. The maximum Gasteiger partial charge on any atom is 0.263 e. The summed E-state index contributed by atoms with van der Waals surface area (Å²) in [6.07, 6.45) is 0.554. The van der Waals surface area contributed by atoms with E-state index in [4.69, 9.17) is 25.6 Å². The van der Waals surface area contributed by atoms with Gasteiger partial charge in [-0.2, -0.15) is 10.4 Å². The molecule has 0 saturated carbocycles. The number of halogens is 1. The van der Waals surface area contributed by atoms with Crippen molar-refractivity contribution in [3.05, 3.63) is 83.8 Å². The minimum atomic E-state index is -1.17. The van der Waals surface area contributed by atoms with E-state index in [1.165, 1.54) is 31.4 Å². The van der Waals surface area contributed by atoms with Crippen molar-refractivity contribution in [3.63, 3.8) is 0 Å². The van der Waals surface area contributed by atoms with E-state index in [-0.39, 0.29) is 5.75 Å². The van der Waals surface area contributed by atoms with Crippen LogP contribution >= 0.6 is 0 Å². The Bertz CT molecular complexity index is 1650. The van der Waals surface area contributed by atoms with Crippen LogP contribution in [0.4, 0.5) is 4.39 Å². The molecule has 3 aromatic carbocycles. The van der Waals surface area contributed by atoms with Crippen LogP contribution in [0.15, 0.2) is 66.9 Å². The molecule has 1 atom stereocenters. The molecule has 9 heteroatoms. The van der Waals surface area contributed by atoms with Gasteiger partial charge in [-0.05, 0) is 30.3 Å².